The quantitative estimate of drug-likeness (QED) is 0.755. The van der Waals surface area contributed by atoms with Crippen molar-refractivity contribution in [1.29, 1.82) is 0 Å². The van der Waals surface area contributed by atoms with E-state index < -0.39 is 29.5 Å². The molecule has 0 aliphatic carbocycles. The Morgan fingerprint density at radius 2 is 1.90 bits per heavy atom. The van der Waals surface area contributed by atoms with Crippen LogP contribution >= 0.6 is 0 Å². The van der Waals surface area contributed by atoms with Gasteiger partial charge in [-0.25, -0.2) is 0 Å². The van der Waals surface area contributed by atoms with Gasteiger partial charge in [-0.1, -0.05) is 13.8 Å². The number of phenolic OH excluding ortho intramolecular Hbond substituents is 1. The lowest BCUT2D eigenvalue weighted by atomic mass is 10.0. The summed E-state index contributed by atoms with van der Waals surface area (Å²) in [5, 5.41) is 21.1. The van der Waals surface area contributed by atoms with Crippen LogP contribution in [0.25, 0.3) is 0 Å². The number of aliphatic carboxylic acids is 1. The minimum Gasteiger partial charge on any atom is -0.508 e. The molecular weight excluding hydrogens is 287 g/mol. The molecule has 7 heteroatoms. The molecule has 4 nitrogen and oxygen atoms in total. The highest BCUT2D eigenvalue weighted by molar-refractivity contribution is 5.73. The van der Waals surface area contributed by atoms with Gasteiger partial charge in [0.1, 0.15) is 11.8 Å². The number of nitrogens with one attached hydrogen (secondary N) is 1. The molecule has 0 amide bonds. The number of halogens is 3. The minimum atomic E-state index is -4.56. The molecule has 0 aliphatic heterocycles. The molecule has 0 bridgehead atoms. The Labute approximate surface area is 120 Å². The lowest BCUT2D eigenvalue weighted by molar-refractivity contribution is -0.140. The van der Waals surface area contributed by atoms with Gasteiger partial charge in [-0.3, -0.25) is 4.79 Å². The van der Waals surface area contributed by atoms with Crippen LogP contribution in [0.15, 0.2) is 18.2 Å². The van der Waals surface area contributed by atoms with Gasteiger partial charge in [-0.2, -0.15) is 13.2 Å². The van der Waals surface area contributed by atoms with Crippen LogP contribution in [0.2, 0.25) is 0 Å². The fourth-order valence-electron chi connectivity index (χ4n) is 1.92. The van der Waals surface area contributed by atoms with Crippen molar-refractivity contribution >= 4 is 5.97 Å². The highest BCUT2D eigenvalue weighted by Gasteiger charge is 2.31. The second kappa shape index (κ2) is 6.80. The van der Waals surface area contributed by atoms with Gasteiger partial charge in [0.25, 0.3) is 0 Å². The number of hydrogen-bond donors (Lipinski definition) is 3. The van der Waals surface area contributed by atoms with Crippen LogP contribution < -0.4 is 5.32 Å². The molecule has 1 unspecified atom stereocenters. The Bertz CT molecular complexity index is 501. The fourth-order valence-corrected chi connectivity index (χ4v) is 1.92. The predicted molar refractivity (Wildman–Crippen MR) is 70.8 cm³/mol. The smallest absolute Gasteiger partial charge is 0.416 e. The van der Waals surface area contributed by atoms with Crippen molar-refractivity contribution in [3.63, 3.8) is 0 Å². The first-order valence-electron chi connectivity index (χ1n) is 6.46. The van der Waals surface area contributed by atoms with Crippen LogP contribution in [-0.4, -0.2) is 22.2 Å². The van der Waals surface area contributed by atoms with Gasteiger partial charge in [0, 0.05) is 6.54 Å². The van der Waals surface area contributed by atoms with Crippen molar-refractivity contribution in [2.45, 2.75) is 39.0 Å². The van der Waals surface area contributed by atoms with Crippen LogP contribution in [0.5, 0.6) is 5.75 Å². The maximum Gasteiger partial charge on any atom is 0.416 e. The van der Waals surface area contributed by atoms with E-state index >= 15 is 0 Å². The van der Waals surface area contributed by atoms with E-state index in [4.69, 9.17) is 5.11 Å². The highest BCUT2D eigenvalue weighted by Crippen LogP contribution is 2.32. The first kappa shape index (κ1) is 17.3. The van der Waals surface area contributed by atoms with E-state index in [9.17, 15) is 23.1 Å². The monoisotopic (exact) mass is 305 g/mol. The molecule has 1 aromatic rings. The van der Waals surface area contributed by atoms with Gasteiger partial charge in [-0.15, -0.1) is 0 Å². The number of aromatic hydroxyl groups is 1. The normalized spacial score (nSPS) is 13.4. The zero-order valence-corrected chi connectivity index (χ0v) is 11.7. The lowest BCUT2D eigenvalue weighted by Crippen LogP contribution is -2.37. The topological polar surface area (TPSA) is 69.6 Å². The van der Waals surface area contributed by atoms with Crippen molar-refractivity contribution in [3.05, 3.63) is 29.3 Å². The van der Waals surface area contributed by atoms with E-state index in [-0.39, 0.29) is 18.0 Å². The van der Waals surface area contributed by atoms with E-state index in [1.165, 1.54) is 6.07 Å². The maximum atomic E-state index is 12.6. The predicted octanol–water partition coefficient (Wildman–Crippen LogP) is 3.00. The standard InChI is InChI=1S/C14H18F3NO3/c1-8(2)3-12(13(20)21)18-7-9-4-10(14(15,16)17)6-11(19)5-9/h4-6,8,12,18-19H,3,7H2,1-2H3,(H,20,21). The second-order valence-electron chi connectivity index (χ2n) is 5.29. The van der Waals surface area contributed by atoms with Crippen LogP contribution in [-0.2, 0) is 17.5 Å². The van der Waals surface area contributed by atoms with Crippen molar-refractivity contribution in [3.8, 4) is 5.75 Å². The summed E-state index contributed by atoms with van der Waals surface area (Å²) >= 11 is 0. The molecule has 3 N–H and O–H groups in total. The first-order chi connectivity index (χ1) is 9.59. The van der Waals surface area contributed by atoms with Crippen molar-refractivity contribution in [2.24, 2.45) is 5.92 Å². The molecule has 0 fully saturated rings. The van der Waals surface area contributed by atoms with Crippen molar-refractivity contribution < 1.29 is 28.2 Å². The number of hydrogen-bond acceptors (Lipinski definition) is 3. The molecule has 1 rings (SSSR count). The molecule has 1 atom stereocenters. The van der Waals surface area contributed by atoms with E-state index in [1.54, 1.807) is 0 Å². The minimum absolute atomic E-state index is 0.0683. The van der Waals surface area contributed by atoms with E-state index in [0.717, 1.165) is 6.07 Å². The van der Waals surface area contributed by atoms with Gasteiger partial charge >= 0.3 is 12.1 Å². The number of alkyl halides is 3. The molecule has 0 heterocycles. The van der Waals surface area contributed by atoms with Gasteiger partial charge in [0.15, 0.2) is 0 Å². The molecular formula is C14H18F3NO3. The maximum absolute atomic E-state index is 12.6. The third-order valence-electron chi connectivity index (χ3n) is 2.86. The third-order valence-corrected chi connectivity index (χ3v) is 2.86. The molecule has 21 heavy (non-hydrogen) atoms. The largest absolute Gasteiger partial charge is 0.508 e. The number of phenols is 1. The summed E-state index contributed by atoms with van der Waals surface area (Å²) in [6.45, 7) is 3.64. The number of benzene rings is 1. The summed E-state index contributed by atoms with van der Waals surface area (Å²) in [6, 6.07) is 1.85. The molecule has 1 aromatic carbocycles. The van der Waals surface area contributed by atoms with E-state index in [0.29, 0.717) is 12.5 Å². The molecule has 118 valence electrons. The molecule has 0 aromatic heterocycles. The summed E-state index contributed by atoms with van der Waals surface area (Å²) in [5.74, 6) is -1.43. The summed E-state index contributed by atoms with van der Waals surface area (Å²) in [5.41, 5.74) is -0.785. The second-order valence-corrected chi connectivity index (χ2v) is 5.29. The van der Waals surface area contributed by atoms with Gasteiger partial charge in [0.05, 0.1) is 5.56 Å². The zero-order valence-electron chi connectivity index (χ0n) is 11.7. The Morgan fingerprint density at radius 1 is 1.29 bits per heavy atom. The molecule has 0 saturated carbocycles. The molecule has 0 spiro atoms. The van der Waals surface area contributed by atoms with Gasteiger partial charge in [-0.05, 0) is 36.1 Å². The van der Waals surface area contributed by atoms with Crippen molar-refractivity contribution in [2.75, 3.05) is 0 Å². The lowest BCUT2D eigenvalue weighted by Gasteiger charge is -2.17. The number of carbonyl (C=O) groups is 1. The average molecular weight is 305 g/mol. The third kappa shape index (κ3) is 5.63. The van der Waals surface area contributed by atoms with Gasteiger partial charge < -0.3 is 15.5 Å². The number of carboxylic acids is 1. The summed E-state index contributed by atoms with van der Waals surface area (Å²) in [4.78, 5) is 11.1. The highest BCUT2D eigenvalue weighted by atomic mass is 19.4. The molecule has 0 radical (unpaired) electrons. The Morgan fingerprint density at radius 3 is 2.38 bits per heavy atom. The summed E-state index contributed by atoms with van der Waals surface area (Å²) in [7, 11) is 0. The Kier molecular flexibility index (Phi) is 5.60. The summed E-state index contributed by atoms with van der Waals surface area (Å²) < 4.78 is 37.9. The molecule has 0 aliphatic rings. The number of carboxylic acid groups (broad SMARTS) is 1. The van der Waals surface area contributed by atoms with Crippen molar-refractivity contribution in [1.82, 2.24) is 5.32 Å². The SMILES string of the molecule is CC(C)CC(NCc1cc(O)cc(C(F)(F)F)c1)C(=O)O. The fraction of sp³-hybridized carbons (Fsp3) is 0.500. The van der Waals surface area contributed by atoms with E-state index in [1.807, 2.05) is 13.8 Å². The average Bonchev–Trinajstić information content (AvgIpc) is 2.32. The van der Waals surface area contributed by atoms with Crippen LogP contribution in [0.1, 0.15) is 31.4 Å². The van der Waals surface area contributed by atoms with Crippen LogP contribution in [0.3, 0.4) is 0 Å². The Hall–Kier alpha value is -1.76. The Balaban J connectivity index is 2.83. The zero-order chi connectivity index (χ0) is 16.2. The van der Waals surface area contributed by atoms with E-state index in [2.05, 4.69) is 5.32 Å². The molecule has 0 saturated heterocycles. The number of rotatable bonds is 6. The van der Waals surface area contributed by atoms with Crippen LogP contribution in [0, 0.1) is 5.92 Å². The summed E-state index contributed by atoms with van der Waals surface area (Å²) in [6.07, 6.45) is -4.20. The van der Waals surface area contributed by atoms with Crippen LogP contribution in [0.4, 0.5) is 13.2 Å². The first-order valence-corrected chi connectivity index (χ1v) is 6.46. The van der Waals surface area contributed by atoms with Gasteiger partial charge in [0.2, 0.25) is 0 Å².